The molecule has 0 radical (unpaired) electrons. The average molecular weight is 286 g/mol. The van der Waals surface area contributed by atoms with Crippen LogP contribution >= 0.6 is 27.5 Å². The molecule has 0 atom stereocenters. The molecule has 0 spiro atoms. The molecular formula is C10H8BrNO2S. The highest BCUT2D eigenvalue weighted by Crippen LogP contribution is 2.26. The molecular weight excluding hydrogens is 278 g/mol. The fraction of sp³-hybridized carbons (Fsp3) is 0.200. The van der Waals surface area contributed by atoms with Crippen LogP contribution in [-0.4, -0.2) is 16.9 Å². The number of rotatable bonds is 2. The Morgan fingerprint density at radius 3 is 3.13 bits per heavy atom. The molecule has 2 rings (SSSR count). The van der Waals surface area contributed by atoms with Gasteiger partial charge in [0.05, 0.1) is 11.3 Å². The van der Waals surface area contributed by atoms with Crippen LogP contribution in [0.3, 0.4) is 0 Å². The summed E-state index contributed by atoms with van der Waals surface area (Å²) in [6, 6.07) is 5.70. The second-order valence-electron chi connectivity index (χ2n) is 2.89. The normalized spacial score (nSPS) is 10.5. The van der Waals surface area contributed by atoms with E-state index in [1.54, 1.807) is 6.92 Å². The first-order valence-electron chi connectivity index (χ1n) is 4.44. The third kappa shape index (κ3) is 2.03. The van der Waals surface area contributed by atoms with Gasteiger partial charge in [-0.3, -0.25) is 0 Å². The second kappa shape index (κ2) is 4.28. The van der Waals surface area contributed by atoms with Crippen molar-refractivity contribution in [3.8, 4) is 0 Å². The number of benzene rings is 1. The smallest absolute Gasteiger partial charge is 0.358 e. The fourth-order valence-electron chi connectivity index (χ4n) is 1.26. The van der Waals surface area contributed by atoms with Crippen molar-refractivity contribution >= 4 is 43.5 Å². The molecule has 0 bridgehead atoms. The minimum atomic E-state index is -0.355. The highest BCUT2D eigenvalue weighted by Gasteiger charge is 2.14. The van der Waals surface area contributed by atoms with Crippen LogP contribution in [0.25, 0.3) is 10.1 Å². The van der Waals surface area contributed by atoms with E-state index in [4.69, 9.17) is 4.74 Å². The van der Waals surface area contributed by atoms with E-state index in [-0.39, 0.29) is 5.97 Å². The molecule has 2 aromatic rings. The lowest BCUT2D eigenvalue weighted by Gasteiger charge is -1.98. The van der Waals surface area contributed by atoms with E-state index in [0.717, 1.165) is 14.6 Å². The zero-order valence-electron chi connectivity index (χ0n) is 7.99. The van der Waals surface area contributed by atoms with Gasteiger partial charge in [0.15, 0.2) is 5.69 Å². The summed E-state index contributed by atoms with van der Waals surface area (Å²) in [6.07, 6.45) is 0. The lowest BCUT2D eigenvalue weighted by molar-refractivity contribution is 0.0523. The van der Waals surface area contributed by atoms with Crippen LogP contribution in [0.4, 0.5) is 0 Å². The van der Waals surface area contributed by atoms with Crippen LogP contribution in [-0.2, 0) is 4.74 Å². The molecule has 0 amide bonds. The van der Waals surface area contributed by atoms with Crippen LogP contribution < -0.4 is 0 Å². The van der Waals surface area contributed by atoms with Crippen LogP contribution in [0.2, 0.25) is 0 Å². The zero-order valence-corrected chi connectivity index (χ0v) is 10.4. The van der Waals surface area contributed by atoms with Gasteiger partial charge in [-0.15, -0.1) is 0 Å². The summed E-state index contributed by atoms with van der Waals surface area (Å²) >= 11 is 4.67. The Balaban J connectivity index is 2.49. The first-order valence-corrected chi connectivity index (χ1v) is 6.01. The molecule has 0 aliphatic heterocycles. The summed E-state index contributed by atoms with van der Waals surface area (Å²) < 4.78 is 11.0. The van der Waals surface area contributed by atoms with Crippen molar-refractivity contribution in [2.24, 2.45) is 0 Å². The van der Waals surface area contributed by atoms with Crippen LogP contribution in [0.1, 0.15) is 17.4 Å². The number of nitrogens with zero attached hydrogens (tertiary/aromatic N) is 1. The summed E-state index contributed by atoms with van der Waals surface area (Å²) in [6.45, 7) is 2.15. The quantitative estimate of drug-likeness (QED) is 0.796. The lowest BCUT2D eigenvalue weighted by atomic mass is 10.2. The molecule has 0 aliphatic carbocycles. The summed E-state index contributed by atoms with van der Waals surface area (Å²) in [4.78, 5) is 11.5. The summed E-state index contributed by atoms with van der Waals surface area (Å²) in [5, 5.41) is 0.849. The number of hydrogen-bond acceptors (Lipinski definition) is 4. The molecule has 0 N–H and O–H groups in total. The van der Waals surface area contributed by atoms with E-state index >= 15 is 0 Å². The van der Waals surface area contributed by atoms with E-state index in [0.29, 0.717) is 12.3 Å². The molecule has 78 valence electrons. The SMILES string of the molecule is CCOC(=O)c1nsc2cc(Br)ccc12. The van der Waals surface area contributed by atoms with Gasteiger partial charge in [-0.1, -0.05) is 15.9 Å². The van der Waals surface area contributed by atoms with Crippen molar-refractivity contribution < 1.29 is 9.53 Å². The largest absolute Gasteiger partial charge is 0.461 e. The molecule has 1 aromatic heterocycles. The molecule has 3 nitrogen and oxygen atoms in total. The van der Waals surface area contributed by atoms with Gasteiger partial charge in [0.1, 0.15) is 0 Å². The molecule has 0 unspecified atom stereocenters. The average Bonchev–Trinajstić information content (AvgIpc) is 2.60. The summed E-state index contributed by atoms with van der Waals surface area (Å²) in [5.74, 6) is -0.355. The van der Waals surface area contributed by atoms with Crippen LogP contribution in [0.5, 0.6) is 0 Å². The minimum absolute atomic E-state index is 0.355. The van der Waals surface area contributed by atoms with Gasteiger partial charge in [0, 0.05) is 9.86 Å². The van der Waals surface area contributed by atoms with Crippen molar-refractivity contribution in [2.75, 3.05) is 6.61 Å². The number of halogens is 1. The van der Waals surface area contributed by atoms with Gasteiger partial charge in [0.25, 0.3) is 0 Å². The first kappa shape index (κ1) is 10.6. The monoisotopic (exact) mass is 285 g/mol. The van der Waals surface area contributed by atoms with E-state index in [9.17, 15) is 4.79 Å². The Bertz CT molecular complexity index is 509. The molecule has 1 aromatic carbocycles. The van der Waals surface area contributed by atoms with E-state index in [1.807, 2.05) is 18.2 Å². The van der Waals surface area contributed by atoms with E-state index in [2.05, 4.69) is 20.3 Å². The maximum Gasteiger partial charge on any atom is 0.358 e. The first-order chi connectivity index (χ1) is 7.22. The molecule has 0 aliphatic rings. The molecule has 1 heterocycles. The summed E-state index contributed by atoms with van der Waals surface area (Å²) in [5.41, 5.74) is 0.407. The molecule has 0 saturated heterocycles. The minimum Gasteiger partial charge on any atom is -0.461 e. The zero-order chi connectivity index (χ0) is 10.8. The highest BCUT2D eigenvalue weighted by molar-refractivity contribution is 9.10. The Morgan fingerprint density at radius 2 is 2.40 bits per heavy atom. The number of hydrogen-bond donors (Lipinski definition) is 0. The van der Waals surface area contributed by atoms with Gasteiger partial charge >= 0.3 is 5.97 Å². The highest BCUT2D eigenvalue weighted by atomic mass is 79.9. The van der Waals surface area contributed by atoms with Crippen molar-refractivity contribution in [3.63, 3.8) is 0 Å². The Hall–Kier alpha value is -0.940. The van der Waals surface area contributed by atoms with Crippen LogP contribution in [0, 0.1) is 0 Å². The van der Waals surface area contributed by atoms with Gasteiger partial charge < -0.3 is 4.74 Å². The third-order valence-electron chi connectivity index (χ3n) is 1.90. The number of carbonyl (C=O) groups is 1. The van der Waals surface area contributed by atoms with E-state index < -0.39 is 0 Å². The van der Waals surface area contributed by atoms with Gasteiger partial charge in [0.2, 0.25) is 0 Å². The van der Waals surface area contributed by atoms with Crippen molar-refractivity contribution in [3.05, 3.63) is 28.4 Å². The third-order valence-corrected chi connectivity index (χ3v) is 3.20. The number of ether oxygens (including phenoxy) is 1. The molecule has 5 heteroatoms. The lowest BCUT2D eigenvalue weighted by Crippen LogP contribution is -2.04. The van der Waals surface area contributed by atoms with Crippen molar-refractivity contribution in [2.45, 2.75) is 6.92 Å². The van der Waals surface area contributed by atoms with E-state index in [1.165, 1.54) is 11.5 Å². The van der Waals surface area contributed by atoms with Gasteiger partial charge in [-0.05, 0) is 36.7 Å². The molecule has 0 fully saturated rings. The maximum absolute atomic E-state index is 11.5. The number of fused-ring (bicyclic) bond motifs is 1. The van der Waals surface area contributed by atoms with Gasteiger partial charge in [-0.25, -0.2) is 4.79 Å². The predicted octanol–water partition coefficient (Wildman–Crippen LogP) is 3.24. The maximum atomic E-state index is 11.5. The fourth-order valence-corrected chi connectivity index (χ4v) is 2.58. The Labute approximate surface area is 99.4 Å². The molecule has 15 heavy (non-hydrogen) atoms. The Morgan fingerprint density at radius 1 is 1.60 bits per heavy atom. The van der Waals surface area contributed by atoms with Crippen molar-refractivity contribution in [1.29, 1.82) is 0 Å². The molecule has 0 saturated carbocycles. The second-order valence-corrected chi connectivity index (χ2v) is 4.61. The van der Waals surface area contributed by atoms with Gasteiger partial charge in [-0.2, -0.15) is 4.37 Å². The van der Waals surface area contributed by atoms with Crippen LogP contribution in [0.15, 0.2) is 22.7 Å². The number of carbonyl (C=O) groups excluding carboxylic acids is 1. The van der Waals surface area contributed by atoms with Crippen molar-refractivity contribution in [1.82, 2.24) is 4.37 Å². The predicted molar refractivity (Wildman–Crippen MR) is 63.3 cm³/mol. The summed E-state index contributed by atoms with van der Waals surface area (Å²) in [7, 11) is 0. The number of esters is 1. The Kier molecular flexibility index (Phi) is 3.02. The topological polar surface area (TPSA) is 39.2 Å². The standard InChI is InChI=1S/C10H8BrNO2S/c1-2-14-10(13)9-7-4-3-6(11)5-8(7)15-12-9/h3-5H,2H2,1H3. The number of aromatic nitrogens is 1.